The molecule has 0 N–H and O–H groups in total. The van der Waals surface area contributed by atoms with Crippen molar-refractivity contribution < 1.29 is 13.6 Å². The van der Waals surface area contributed by atoms with Gasteiger partial charge in [0, 0.05) is 23.7 Å². The van der Waals surface area contributed by atoms with E-state index in [1.807, 2.05) is 4.90 Å². The van der Waals surface area contributed by atoms with Crippen LogP contribution in [0.1, 0.15) is 65.4 Å². The molecule has 3 nitrogen and oxygen atoms in total. The molecule has 2 aliphatic rings. The molecular formula is C23H35ClFNO2Si. The molecule has 2 fully saturated rings. The van der Waals surface area contributed by atoms with E-state index in [4.69, 9.17) is 16.0 Å². The van der Waals surface area contributed by atoms with E-state index in [1.54, 1.807) is 6.07 Å². The molecule has 1 aromatic rings. The van der Waals surface area contributed by atoms with Crippen LogP contribution in [0.4, 0.5) is 4.39 Å². The molecule has 0 bridgehead atoms. The minimum Gasteiger partial charge on any atom is -0.414 e. The summed E-state index contributed by atoms with van der Waals surface area (Å²) < 4.78 is 20.0. The maximum atomic E-state index is 13.4. The van der Waals surface area contributed by atoms with Gasteiger partial charge in [0.2, 0.25) is 5.91 Å². The Bertz CT molecular complexity index is 769. The maximum absolute atomic E-state index is 13.4. The molecule has 1 saturated heterocycles. The third kappa shape index (κ3) is 4.57. The number of halogens is 2. The van der Waals surface area contributed by atoms with Gasteiger partial charge in [-0.15, -0.1) is 0 Å². The molecule has 1 atom stereocenters. The first-order valence-corrected chi connectivity index (χ1v) is 14.1. The Morgan fingerprint density at radius 3 is 2.45 bits per heavy atom. The summed E-state index contributed by atoms with van der Waals surface area (Å²) in [5, 5.41) is 0.586. The summed E-state index contributed by atoms with van der Waals surface area (Å²) >= 11 is 6.21. The predicted molar refractivity (Wildman–Crippen MR) is 119 cm³/mol. The second-order valence-corrected chi connectivity index (χ2v) is 15.7. The van der Waals surface area contributed by atoms with Gasteiger partial charge >= 0.3 is 0 Å². The lowest BCUT2D eigenvalue weighted by Crippen LogP contribution is -2.46. The SMILES string of the molecule is CC1CC2(CCC(O[Si](C)(C)C(C)(C)C)CC2)C(=O)N1Cc1ccc(F)cc1Cl. The maximum Gasteiger partial charge on any atom is 0.229 e. The first-order valence-electron chi connectivity index (χ1n) is 10.8. The number of rotatable bonds is 4. The molecule has 6 heteroatoms. The summed E-state index contributed by atoms with van der Waals surface area (Å²) in [4.78, 5) is 15.3. The van der Waals surface area contributed by atoms with Crippen molar-refractivity contribution >= 4 is 25.8 Å². The van der Waals surface area contributed by atoms with Crippen molar-refractivity contribution in [2.45, 2.75) is 96.6 Å². The summed E-state index contributed by atoms with van der Waals surface area (Å²) in [5.41, 5.74) is 0.541. The molecule has 1 amide bonds. The second-order valence-electron chi connectivity index (χ2n) is 10.6. The van der Waals surface area contributed by atoms with E-state index < -0.39 is 8.32 Å². The van der Waals surface area contributed by atoms with Crippen LogP contribution in [0.3, 0.4) is 0 Å². The number of carbonyl (C=O) groups is 1. The highest BCUT2D eigenvalue weighted by Gasteiger charge is 2.52. The zero-order valence-electron chi connectivity index (χ0n) is 18.6. The van der Waals surface area contributed by atoms with Crippen molar-refractivity contribution in [3.05, 3.63) is 34.6 Å². The van der Waals surface area contributed by atoms with Crippen molar-refractivity contribution in [2.24, 2.45) is 5.41 Å². The Balaban J connectivity index is 1.66. The first kappa shape index (κ1) is 22.8. The first-order chi connectivity index (χ1) is 13.3. The summed E-state index contributed by atoms with van der Waals surface area (Å²) in [6.45, 7) is 14.0. The van der Waals surface area contributed by atoms with E-state index in [0.29, 0.717) is 11.6 Å². The zero-order valence-corrected chi connectivity index (χ0v) is 20.4. The summed E-state index contributed by atoms with van der Waals surface area (Å²) in [6.07, 6.45) is 4.85. The molecule has 162 valence electrons. The Morgan fingerprint density at radius 2 is 1.90 bits per heavy atom. The Hall–Kier alpha value is -0.913. The third-order valence-electron chi connectivity index (χ3n) is 7.45. The molecule has 1 saturated carbocycles. The van der Waals surface area contributed by atoms with Gasteiger partial charge < -0.3 is 9.33 Å². The fourth-order valence-electron chi connectivity index (χ4n) is 4.60. The van der Waals surface area contributed by atoms with Gasteiger partial charge in [-0.3, -0.25) is 4.79 Å². The lowest BCUT2D eigenvalue weighted by molar-refractivity contribution is -0.139. The molecule has 0 aromatic heterocycles. The minimum atomic E-state index is -1.79. The van der Waals surface area contributed by atoms with Crippen LogP contribution in [-0.2, 0) is 15.8 Å². The van der Waals surface area contributed by atoms with Crippen LogP contribution >= 0.6 is 11.6 Å². The molecule has 1 aliphatic heterocycles. The summed E-state index contributed by atoms with van der Waals surface area (Å²) in [6, 6.07) is 4.58. The molecule has 0 radical (unpaired) electrons. The van der Waals surface area contributed by atoms with Gasteiger partial charge in [-0.25, -0.2) is 4.39 Å². The van der Waals surface area contributed by atoms with E-state index in [0.717, 1.165) is 37.7 Å². The average molecular weight is 440 g/mol. The van der Waals surface area contributed by atoms with E-state index in [9.17, 15) is 9.18 Å². The van der Waals surface area contributed by atoms with Crippen molar-refractivity contribution in [2.75, 3.05) is 0 Å². The smallest absolute Gasteiger partial charge is 0.229 e. The van der Waals surface area contributed by atoms with Crippen LogP contribution in [0.15, 0.2) is 18.2 Å². The van der Waals surface area contributed by atoms with Gasteiger partial charge in [0.25, 0.3) is 0 Å². The molecule has 1 heterocycles. The van der Waals surface area contributed by atoms with Gasteiger partial charge in [0.05, 0.1) is 5.41 Å². The van der Waals surface area contributed by atoms with Gasteiger partial charge in [-0.1, -0.05) is 38.4 Å². The fraction of sp³-hybridized carbons (Fsp3) is 0.696. The molecule has 1 aliphatic carbocycles. The number of nitrogens with zero attached hydrogens (tertiary/aromatic N) is 1. The van der Waals surface area contributed by atoms with Crippen LogP contribution < -0.4 is 0 Å². The minimum absolute atomic E-state index is 0.168. The van der Waals surface area contributed by atoms with Crippen LogP contribution in [0.25, 0.3) is 0 Å². The third-order valence-corrected chi connectivity index (χ3v) is 12.3. The van der Waals surface area contributed by atoms with Gasteiger partial charge in [-0.05, 0) is 74.9 Å². The molecule has 1 aromatic carbocycles. The number of hydrogen-bond acceptors (Lipinski definition) is 2. The quantitative estimate of drug-likeness (QED) is 0.497. The van der Waals surface area contributed by atoms with Crippen LogP contribution in [0, 0.1) is 11.2 Å². The Morgan fingerprint density at radius 1 is 1.28 bits per heavy atom. The molecular weight excluding hydrogens is 405 g/mol. The standard InChI is InChI=1S/C23H35ClFNO2Si/c1-16-14-23(11-9-19(10-12-23)28-29(5,6)22(2,3)4)21(27)26(16)15-17-7-8-18(25)13-20(17)24/h7-8,13,16,19H,9-12,14-15H2,1-6H3. The normalized spacial score (nSPS) is 28.4. The lowest BCUT2D eigenvalue weighted by atomic mass is 9.71. The predicted octanol–water partition coefficient (Wildman–Crippen LogP) is 6.55. The van der Waals surface area contributed by atoms with Gasteiger partial charge in [-0.2, -0.15) is 0 Å². The second kappa shape index (κ2) is 7.97. The van der Waals surface area contributed by atoms with Crippen molar-refractivity contribution in [3.63, 3.8) is 0 Å². The van der Waals surface area contributed by atoms with Crippen LogP contribution in [-0.4, -0.2) is 31.3 Å². The van der Waals surface area contributed by atoms with Crippen molar-refractivity contribution in [3.8, 4) is 0 Å². The van der Waals surface area contributed by atoms with E-state index in [1.165, 1.54) is 12.1 Å². The molecule has 1 spiro atoms. The number of likely N-dealkylation sites (tertiary alicyclic amines) is 1. The van der Waals surface area contributed by atoms with Crippen LogP contribution in [0.5, 0.6) is 0 Å². The molecule has 29 heavy (non-hydrogen) atoms. The van der Waals surface area contributed by atoms with Crippen molar-refractivity contribution in [1.82, 2.24) is 4.90 Å². The highest BCUT2D eigenvalue weighted by molar-refractivity contribution is 6.74. The summed E-state index contributed by atoms with van der Waals surface area (Å²) in [7, 11) is -1.79. The topological polar surface area (TPSA) is 29.5 Å². The molecule has 3 rings (SSSR count). The number of hydrogen-bond donors (Lipinski definition) is 0. The lowest BCUT2D eigenvalue weighted by Gasteiger charge is -2.43. The van der Waals surface area contributed by atoms with E-state index in [-0.39, 0.29) is 34.3 Å². The van der Waals surface area contributed by atoms with Gasteiger partial charge in [0.1, 0.15) is 5.82 Å². The number of benzene rings is 1. The highest BCUT2D eigenvalue weighted by atomic mass is 35.5. The van der Waals surface area contributed by atoms with Crippen molar-refractivity contribution in [1.29, 1.82) is 0 Å². The Kier molecular flexibility index (Phi) is 6.26. The molecule has 1 unspecified atom stereocenters. The average Bonchev–Trinajstić information content (AvgIpc) is 2.82. The monoisotopic (exact) mass is 439 g/mol. The zero-order chi connectivity index (χ0) is 21.6. The fourth-order valence-corrected chi connectivity index (χ4v) is 6.25. The number of carbonyl (C=O) groups excluding carboxylic acids is 1. The highest BCUT2D eigenvalue weighted by Crippen LogP contribution is 2.49. The Labute approximate surface area is 181 Å². The van der Waals surface area contributed by atoms with Crippen LogP contribution in [0.2, 0.25) is 23.2 Å². The van der Waals surface area contributed by atoms with E-state index >= 15 is 0 Å². The van der Waals surface area contributed by atoms with E-state index in [2.05, 4.69) is 40.8 Å². The number of amides is 1. The largest absolute Gasteiger partial charge is 0.414 e. The van der Waals surface area contributed by atoms with Gasteiger partial charge in [0.15, 0.2) is 8.32 Å². The summed E-state index contributed by atoms with van der Waals surface area (Å²) in [5.74, 6) is -0.118.